The lowest BCUT2D eigenvalue weighted by Crippen LogP contribution is -2.44. The zero-order chi connectivity index (χ0) is 13.4. The molecule has 5 nitrogen and oxygen atoms in total. The second kappa shape index (κ2) is 8.45. The van der Waals surface area contributed by atoms with E-state index in [0.29, 0.717) is 5.92 Å². The number of nitrogens with one attached hydrogen (secondary N) is 1. The number of hydrogen-bond acceptors (Lipinski definition) is 4. The normalized spacial score (nSPS) is 19.9. The van der Waals surface area contributed by atoms with Crippen molar-refractivity contribution in [3.8, 4) is 0 Å². The van der Waals surface area contributed by atoms with Gasteiger partial charge in [0.25, 0.3) is 0 Å². The van der Waals surface area contributed by atoms with E-state index >= 15 is 0 Å². The molecule has 0 aliphatic carbocycles. The van der Waals surface area contributed by atoms with Crippen molar-refractivity contribution in [2.75, 3.05) is 39.9 Å². The van der Waals surface area contributed by atoms with E-state index in [1.807, 2.05) is 6.92 Å². The van der Waals surface area contributed by atoms with Crippen LogP contribution in [0.15, 0.2) is 0 Å². The smallest absolute Gasteiger partial charge is 0.234 e. The molecule has 3 N–H and O–H groups in total. The summed E-state index contributed by atoms with van der Waals surface area (Å²) in [5.41, 5.74) is 5.36. The van der Waals surface area contributed by atoms with Crippen molar-refractivity contribution in [2.24, 2.45) is 11.7 Å². The summed E-state index contributed by atoms with van der Waals surface area (Å²) >= 11 is 0. The number of rotatable bonds is 8. The number of likely N-dealkylation sites (tertiary alicyclic amines) is 1. The summed E-state index contributed by atoms with van der Waals surface area (Å²) in [6, 6.07) is -0.188. The highest BCUT2D eigenvalue weighted by Gasteiger charge is 2.21. The summed E-state index contributed by atoms with van der Waals surface area (Å²) in [7, 11) is 1.76. The van der Waals surface area contributed by atoms with E-state index in [2.05, 4.69) is 10.2 Å². The van der Waals surface area contributed by atoms with Crippen LogP contribution in [0.25, 0.3) is 0 Å². The first-order valence-corrected chi connectivity index (χ1v) is 6.91. The Morgan fingerprint density at radius 3 is 2.67 bits per heavy atom. The predicted octanol–water partition coefficient (Wildman–Crippen LogP) is 0.198. The topological polar surface area (TPSA) is 67.6 Å². The number of methoxy groups -OCH3 is 1. The minimum absolute atomic E-state index is 0.188. The Hall–Kier alpha value is -0.650. The lowest BCUT2D eigenvalue weighted by molar-refractivity contribution is -0.120. The van der Waals surface area contributed by atoms with Gasteiger partial charge < -0.3 is 20.7 Å². The molecule has 106 valence electrons. The van der Waals surface area contributed by atoms with Crippen LogP contribution >= 0.6 is 0 Å². The quantitative estimate of drug-likeness (QED) is 0.652. The first kappa shape index (κ1) is 15.4. The van der Waals surface area contributed by atoms with E-state index in [0.717, 1.165) is 39.2 Å². The van der Waals surface area contributed by atoms with Crippen LogP contribution in [0.3, 0.4) is 0 Å². The number of ether oxygens (including phenoxy) is 1. The van der Waals surface area contributed by atoms with E-state index in [9.17, 15) is 4.79 Å². The summed E-state index contributed by atoms with van der Waals surface area (Å²) in [6.45, 7) is 6.79. The highest BCUT2D eigenvalue weighted by Crippen LogP contribution is 2.17. The molecule has 18 heavy (non-hydrogen) atoms. The average molecular weight is 257 g/mol. The molecule has 0 saturated carbocycles. The zero-order valence-corrected chi connectivity index (χ0v) is 11.7. The molecule has 1 heterocycles. The van der Waals surface area contributed by atoms with Crippen LogP contribution in [0.5, 0.6) is 0 Å². The molecule has 1 saturated heterocycles. The van der Waals surface area contributed by atoms with Gasteiger partial charge in [-0.25, -0.2) is 0 Å². The number of likely N-dealkylation sites (N-methyl/N-ethyl adjacent to an activating group) is 1. The van der Waals surface area contributed by atoms with E-state index in [-0.39, 0.29) is 11.9 Å². The molecule has 0 bridgehead atoms. The molecule has 1 aliphatic heterocycles. The summed E-state index contributed by atoms with van der Waals surface area (Å²) in [4.78, 5) is 13.6. The number of nitrogens with zero attached hydrogens (tertiary/aromatic N) is 1. The molecule has 1 rings (SSSR count). The van der Waals surface area contributed by atoms with Crippen molar-refractivity contribution in [1.82, 2.24) is 10.2 Å². The Labute approximate surface area is 110 Å². The SMILES string of the molecule is CCNC(CCN1CCC(COC)CC1)C(N)=O. The van der Waals surface area contributed by atoms with Gasteiger partial charge in [0.15, 0.2) is 0 Å². The third-order valence-electron chi connectivity index (χ3n) is 3.64. The fraction of sp³-hybridized carbons (Fsp3) is 0.923. The van der Waals surface area contributed by atoms with Crippen LogP contribution in [0.4, 0.5) is 0 Å². The predicted molar refractivity (Wildman–Crippen MR) is 72.3 cm³/mol. The Morgan fingerprint density at radius 2 is 2.17 bits per heavy atom. The van der Waals surface area contributed by atoms with Crippen molar-refractivity contribution in [3.63, 3.8) is 0 Å². The molecule has 1 unspecified atom stereocenters. The molecule has 0 aromatic rings. The highest BCUT2D eigenvalue weighted by atomic mass is 16.5. The summed E-state index contributed by atoms with van der Waals surface area (Å²) < 4.78 is 5.19. The number of primary amides is 1. The molecule has 1 fully saturated rings. The third kappa shape index (κ3) is 5.33. The Morgan fingerprint density at radius 1 is 1.50 bits per heavy atom. The Kier molecular flexibility index (Phi) is 7.23. The van der Waals surface area contributed by atoms with Crippen molar-refractivity contribution >= 4 is 5.91 Å². The van der Waals surface area contributed by atoms with Gasteiger partial charge in [-0.1, -0.05) is 6.92 Å². The highest BCUT2D eigenvalue weighted by molar-refractivity contribution is 5.79. The number of hydrogen-bond donors (Lipinski definition) is 2. The molecule has 0 radical (unpaired) electrons. The second-order valence-corrected chi connectivity index (χ2v) is 5.04. The number of amides is 1. The molecule has 1 atom stereocenters. The molecule has 5 heteroatoms. The fourth-order valence-electron chi connectivity index (χ4n) is 2.52. The van der Waals surface area contributed by atoms with Crippen LogP contribution in [0, 0.1) is 5.92 Å². The lowest BCUT2D eigenvalue weighted by Gasteiger charge is -2.32. The zero-order valence-electron chi connectivity index (χ0n) is 11.7. The van der Waals surface area contributed by atoms with E-state index < -0.39 is 0 Å². The van der Waals surface area contributed by atoms with Gasteiger partial charge in [-0.05, 0) is 44.8 Å². The van der Waals surface area contributed by atoms with Gasteiger partial charge in [-0.15, -0.1) is 0 Å². The first-order chi connectivity index (χ1) is 8.67. The monoisotopic (exact) mass is 257 g/mol. The van der Waals surface area contributed by atoms with Gasteiger partial charge in [0.1, 0.15) is 0 Å². The number of carbonyl (C=O) groups is 1. The standard InChI is InChI=1S/C13H27N3O2/c1-3-15-12(13(14)17)6-9-16-7-4-11(5-8-16)10-18-2/h11-12,15H,3-10H2,1-2H3,(H2,14,17). The average Bonchev–Trinajstić information content (AvgIpc) is 2.36. The van der Waals surface area contributed by atoms with E-state index in [1.165, 1.54) is 12.8 Å². The maximum Gasteiger partial charge on any atom is 0.234 e. The molecule has 0 aromatic carbocycles. The van der Waals surface area contributed by atoms with Crippen LogP contribution < -0.4 is 11.1 Å². The molecular weight excluding hydrogens is 230 g/mol. The molecule has 1 aliphatic rings. The van der Waals surface area contributed by atoms with Crippen molar-refractivity contribution in [1.29, 1.82) is 0 Å². The van der Waals surface area contributed by atoms with Gasteiger partial charge in [0.05, 0.1) is 6.04 Å². The first-order valence-electron chi connectivity index (χ1n) is 6.91. The minimum Gasteiger partial charge on any atom is -0.384 e. The summed E-state index contributed by atoms with van der Waals surface area (Å²) in [5, 5.41) is 3.13. The van der Waals surface area contributed by atoms with Crippen LogP contribution in [-0.2, 0) is 9.53 Å². The number of carbonyl (C=O) groups excluding carboxylic acids is 1. The van der Waals surface area contributed by atoms with Crippen LogP contribution in [-0.4, -0.2) is 56.7 Å². The van der Waals surface area contributed by atoms with Crippen LogP contribution in [0.2, 0.25) is 0 Å². The second-order valence-electron chi connectivity index (χ2n) is 5.04. The number of nitrogens with two attached hydrogens (primary N) is 1. The molecule has 0 spiro atoms. The van der Waals surface area contributed by atoms with Crippen molar-refractivity contribution < 1.29 is 9.53 Å². The van der Waals surface area contributed by atoms with E-state index in [4.69, 9.17) is 10.5 Å². The Balaban J connectivity index is 2.21. The maximum atomic E-state index is 11.2. The maximum absolute atomic E-state index is 11.2. The molecular formula is C13H27N3O2. The van der Waals surface area contributed by atoms with E-state index in [1.54, 1.807) is 7.11 Å². The van der Waals surface area contributed by atoms with Crippen LogP contribution in [0.1, 0.15) is 26.2 Å². The molecule has 1 amide bonds. The summed E-state index contributed by atoms with van der Waals surface area (Å²) in [6.07, 6.45) is 3.19. The van der Waals surface area contributed by atoms with Gasteiger partial charge >= 0.3 is 0 Å². The van der Waals surface area contributed by atoms with Gasteiger partial charge in [0, 0.05) is 20.3 Å². The Bertz CT molecular complexity index is 240. The molecule has 0 aromatic heterocycles. The van der Waals surface area contributed by atoms with Crippen molar-refractivity contribution in [2.45, 2.75) is 32.2 Å². The van der Waals surface area contributed by atoms with Gasteiger partial charge in [-0.3, -0.25) is 4.79 Å². The summed E-state index contributed by atoms with van der Waals surface area (Å²) in [5.74, 6) is 0.457. The largest absolute Gasteiger partial charge is 0.384 e. The van der Waals surface area contributed by atoms with Crippen molar-refractivity contribution in [3.05, 3.63) is 0 Å². The lowest BCUT2D eigenvalue weighted by atomic mass is 9.97. The third-order valence-corrected chi connectivity index (χ3v) is 3.64. The van der Waals surface area contributed by atoms with Gasteiger partial charge in [0.2, 0.25) is 5.91 Å². The number of piperidine rings is 1. The minimum atomic E-state index is -0.244. The van der Waals surface area contributed by atoms with Gasteiger partial charge in [-0.2, -0.15) is 0 Å². The fourth-order valence-corrected chi connectivity index (χ4v) is 2.52.